The topological polar surface area (TPSA) is 49.9 Å². The van der Waals surface area contributed by atoms with E-state index in [1.54, 1.807) is 0 Å². The Bertz CT molecular complexity index is 422. The van der Waals surface area contributed by atoms with E-state index in [2.05, 4.69) is 6.92 Å². The summed E-state index contributed by atoms with van der Waals surface area (Å²) in [4.78, 5) is 28.7. The molecule has 0 aromatic rings. The van der Waals surface area contributed by atoms with Crippen LogP contribution < -0.4 is 0 Å². The number of carbonyl (C=O) groups is 2. The summed E-state index contributed by atoms with van der Waals surface area (Å²) < 4.78 is 5.84. The summed E-state index contributed by atoms with van der Waals surface area (Å²) >= 11 is 0. The van der Waals surface area contributed by atoms with Gasteiger partial charge in [0, 0.05) is 38.7 Å². The predicted molar refractivity (Wildman–Crippen MR) is 83.3 cm³/mol. The third-order valence-electron chi connectivity index (χ3n) is 5.04. The van der Waals surface area contributed by atoms with Gasteiger partial charge in [-0.2, -0.15) is 0 Å². The molecular weight excluding hydrogens is 280 g/mol. The number of hydrogen-bond acceptors (Lipinski definition) is 3. The van der Waals surface area contributed by atoms with E-state index in [1.165, 1.54) is 0 Å². The van der Waals surface area contributed by atoms with E-state index in [0.29, 0.717) is 25.1 Å². The van der Waals surface area contributed by atoms with Crippen LogP contribution in [0.4, 0.5) is 0 Å². The van der Waals surface area contributed by atoms with Crippen molar-refractivity contribution in [2.45, 2.75) is 64.0 Å². The van der Waals surface area contributed by atoms with E-state index in [9.17, 15) is 9.59 Å². The molecule has 5 nitrogen and oxygen atoms in total. The summed E-state index contributed by atoms with van der Waals surface area (Å²) in [5, 5.41) is 0. The van der Waals surface area contributed by atoms with Gasteiger partial charge in [-0.15, -0.1) is 0 Å². The normalized spacial score (nSPS) is 29.8. The molecule has 0 aromatic carbocycles. The van der Waals surface area contributed by atoms with Gasteiger partial charge in [0.05, 0.1) is 12.0 Å². The zero-order chi connectivity index (χ0) is 15.5. The molecule has 0 aromatic heterocycles. The van der Waals surface area contributed by atoms with Crippen LogP contribution in [0.1, 0.15) is 51.9 Å². The molecule has 0 bridgehead atoms. The van der Waals surface area contributed by atoms with Crippen LogP contribution in [0.15, 0.2) is 0 Å². The molecule has 3 aliphatic rings. The van der Waals surface area contributed by atoms with E-state index in [-0.39, 0.29) is 17.7 Å². The molecule has 124 valence electrons. The highest BCUT2D eigenvalue weighted by atomic mass is 16.5. The Morgan fingerprint density at radius 2 is 2.05 bits per heavy atom. The van der Waals surface area contributed by atoms with Crippen LogP contribution in [0.25, 0.3) is 0 Å². The second-order valence-electron chi connectivity index (χ2n) is 6.93. The number of hydrogen-bond donors (Lipinski definition) is 0. The number of rotatable bonds is 5. The number of ether oxygens (including phenoxy) is 1. The Kier molecular flexibility index (Phi) is 5.01. The van der Waals surface area contributed by atoms with Crippen molar-refractivity contribution in [2.24, 2.45) is 5.92 Å². The van der Waals surface area contributed by atoms with Gasteiger partial charge in [0.1, 0.15) is 0 Å². The second-order valence-corrected chi connectivity index (χ2v) is 6.93. The second kappa shape index (κ2) is 6.99. The molecule has 5 heteroatoms. The minimum Gasteiger partial charge on any atom is -0.378 e. The van der Waals surface area contributed by atoms with Gasteiger partial charge in [0.15, 0.2) is 0 Å². The molecular formula is C17H28N2O3. The van der Waals surface area contributed by atoms with Crippen molar-refractivity contribution in [1.82, 2.24) is 9.80 Å². The zero-order valence-electron chi connectivity index (χ0n) is 13.6. The largest absolute Gasteiger partial charge is 0.378 e. The molecule has 0 radical (unpaired) electrons. The summed E-state index contributed by atoms with van der Waals surface area (Å²) in [6, 6.07) is 0.432. The minimum atomic E-state index is -0.110. The first-order valence-electron chi connectivity index (χ1n) is 8.89. The lowest BCUT2D eigenvalue weighted by Gasteiger charge is -2.24. The highest BCUT2D eigenvalue weighted by molar-refractivity contribution is 5.89. The lowest BCUT2D eigenvalue weighted by molar-refractivity contribution is -0.135. The van der Waals surface area contributed by atoms with Crippen LogP contribution in [0.3, 0.4) is 0 Å². The molecule has 2 heterocycles. The van der Waals surface area contributed by atoms with Gasteiger partial charge in [-0.1, -0.05) is 6.92 Å². The number of carbonyl (C=O) groups excluding carboxylic acids is 2. The van der Waals surface area contributed by atoms with E-state index < -0.39 is 0 Å². The van der Waals surface area contributed by atoms with Crippen LogP contribution in [-0.2, 0) is 14.3 Å². The van der Waals surface area contributed by atoms with Gasteiger partial charge in [-0.05, 0) is 38.5 Å². The average molecular weight is 308 g/mol. The predicted octanol–water partition coefficient (Wildman–Crippen LogP) is 1.80. The average Bonchev–Trinajstić information content (AvgIpc) is 3.31. The highest BCUT2D eigenvalue weighted by Crippen LogP contribution is 2.33. The summed E-state index contributed by atoms with van der Waals surface area (Å²) in [5.41, 5.74) is 0. The fraction of sp³-hybridized carbons (Fsp3) is 0.882. The van der Waals surface area contributed by atoms with E-state index in [0.717, 1.165) is 58.2 Å². The molecule has 2 atom stereocenters. The number of nitrogens with zero attached hydrogens (tertiary/aromatic N) is 2. The first kappa shape index (κ1) is 15.8. The lowest BCUT2D eigenvalue weighted by Crippen LogP contribution is -2.38. The molecule has 2 saturated heterocycles. The first-order valence-corrected chi connectivity index (χ1v) is 8.89. The summed E-state index contributed by atoms with van der Waals surface area (Å²) in [7, 11) is 0. The third-order valence-corrected chi connectivity index (χ3v) is 5.04. The van der Waals surface area contributed by atoms with Crippen LogP contribution in [0.5, 0.6) is 0 Å². The molecule has 1 aliphatic carbocycles. The van der Waals surface area contributed by atoms with Gasteiger partial charge < -0.3 is 14.5 Å². The van der Waals surface area contributed by atoms with Crippen molar-refractivity contribution in [3.63, 3.8) is 0 Å². The van der Waals surface area contributed by atoms with Crippen LogP contribution in [-0.4, -0.2) is 60.0 Å². The molecule has 2 aliphatic heterocycles. The molecule has 3 rings (SSSR count). The Hall–Kier alpha value is -1.10. The molecule has 0 N–H and O–H groups in total. The smallest absolute Gasteiger partial charge is 0.227 e. The third kappa shape index (κ3) is 3.62. The summed E-state index contributed by atoms with van der Waals surface area (Å²) in [6.45, 7) is 5.18. The lowest BCUT2D eigenvalue weighted by atomic mass is 10.1. The first-order chi connectivity index (χ1) is 10.7. The SMILES string of the molecule is CCCO[C@@H]1CCCN(C(=O)[C@H]2CC(=O)N(C3CC3)C2)CC1. The van der Waals surface area contributed by atoms with Crippen molar-refractivity contribution in [3.8, 4) is 0 Å². The van der Waals surface area contributed by atoms with Crippen LogP contribution >= 0.6 is 0 Å². The molecule has 3 fully saturated rings. The Labute approximate surface area is 133 Å². The van der Waals surface area contributed by atoms with Gasteiger partial charge in [0.2, 0.25) is 11.8 Å². The molecule has 1 saturated carbocycles. The van der Waals surface area contributed by atoms with Crippen molar-refractivity contribution in [1.29, 1.82) is 0 Å². The number of likely N-dealkylation sites (tertiary alicyclic amines) is 2. The van der Waals surface area contributed by atoms with Crippen molar-refractivity contribution < 1.29 is 14.3 Å². The molecule has 0 unspecified atom stereocenters. The molecule has 2 amide bonds. The van der Waals surface area contributed by atoms with Gasteiger partial charge in [-0.25, -0.2) is 0 Å². The van der Waals surface area contributed by atoms with Crippen molar-refractivity contribution in [2.75, 3.05) is 26.2 Å². The molecule has 0 spiro atoms. The van der Waals surface area contributed by atoms with Crippen molar-refractivity contribution >= 4 is 11.8 Å². The van der Waals surface area contributed by atoms with E-state index in [1.807, 2.05) is 9.80 Å². The Morgan fingerprint density at radius 3 is 2.77 bits per heavy atom. The van der Waals surface area contributed by atoms with Crippen LogP contribution in [0, 0.1) is 5.92 Å². The van der Waals surface area contributed by atoms with Gasteiger partial charge in [-0.3, -0.25) is 9.59 Å². The maximum absolute atomic E-state index is 12.7. The fourth-order valence-electron chi connectivity index (χ4n) is 3.63. The fourth-order valence-corrected chi connectivity index (χ4v) is 3.63. The standard InChI is InChI=1S/C17H28N2O3/c1-2-10-22-15-4-3-8-18(9-7-15)17(21)13-11-16(20)19(12-13)14-5-6-14/h13-15H,2-12H2,1H3/t13-,15+/m0/s1. The highest BCUT2D eigenvalue weighted by Gasteiger charge is 2.42. The van der Waals surface area contributed by atoms with Gasteiger partial charge >= 0.3 is 0 Å². The Morgan fingerprint density at radius 1 is 1.23 bits per heavy atom. The van der Waals surface area contributed by atoms with Crippen LogP contribution in [0.2, 0.25) is 0 Å². The number of amides is 2. The maximum atomic E-state index is 12.7. The Balaban J connectivity index is 1.51. The quantitative estimate of drug-likeness (QED) is 0.778. The summed E-state index contributed by atoms with van der Waals surface area (Å²) in [5.74, 6) is 0.258. The van der Waals surface area contributed by atoms with Crippen molar-refractivity contribution in [3.05, 3.63) is 0 Å². The zero-order valence-corrected chi connectivity index (χ0v) is 13.6. The van der Waals surface area contributed by atoms with E-state index in [4.69, 9.17) is 4.74 Å². The minimum absolute atomic E-state index is 0.110. The summed E-state index contributed by atoms with van der Waals surface area (Å²) in [6.07, 6.45) is 6.97. The van der Waals surface area contributed by atoms with Gasteiger partial charge in [0.25, 0.3) is 0 Å². The molecule has 22 heavy (non-hydrogen) atoms. The maximum Gasteiger partial charge on any atom is 0.227 e. The van der Waals surface area contributed by atoms with E-state index >= 15 is 0 Å². The monoisotopic (exact) mass is 308 g/mol.